The summed E-state index contributed by atoms with van der Waals surface area (Å²) in [5.74, 6) is -0.294. The Labute approximate surface area is 101 Å². The van der Waals surface area contributed by atoms with Gasteiger partial charge in [0.25, 0.3) is 0 Å². The molecule has 0 aromatic heterocycles. The van der Waals surface area contributed by atoms with Gasteiger partial charge in [0.15, 0.2) is 0 Å². The van der Waals surface area contributed by atoms with Crippen molar-refractivity contribution in [2.75, 3.05) is 25.2 Å². The van der Waals surface area contributed by atoms with Crippen molar-refractivity contribution >= 4 is 5.69 Å². The van der Waals surface area contributed by atoms with Crippen molar-refractivity contribution in [3.8, 4) is 0 Å². The van der Waals surface area contributed by atoms with Gasteiger partial charge in [0.05, 0.1) is 24.4 Å². The second-order valence-electron chi connectivity index (χ2n) is 4.52. The molecule has 0 bridgehead atoms. The van der Waals surface area contributed by atoms with Crippen LogP contribution in [0.25, 0.3) is 0 Å². The minimum atomic E-state index is -0.640. The molecule has 1 N–H and O–H groups in total. The molecule has 0 radical (unpaired) electrons. The fourth-order valence-electron chi connectivity index (χ4n) is 2.09. The fourth-order valence-corrected chi connectivity index (χ4v) is 2.09. The number of benzene rings is 1. The number of ether oxygens (including phenoxy) is 1. The van der Waals surface area contributed by atoms with Crippen LogP contribution in [0.3, 0.4) is 0 Å². The zero-order valence-electron chi connectivity index (χ0n) is 10.2. The summed E-state index contributed by atoms with van der Waals surface area (Å²) in [6, 6.07) is 5.11. The smallest absolute Gasteiger partial charge is 0.146 e. The molecule has 1 saturated heterocycles. The molecule has 2 rings (SSSR count). The van der Waals surface area contributed by atoms with E-state index >= 15 is 0 Å². The summed E-state index contributed by atoms with van der Waals surface area (Å²) in [6.45, 7) is 3.01. The minimum Gasteiger partial charge on any atom is -0.389 e. The van der Waals surface area contributed by atoms with Crippen LogP contribution in [0.4, 0.5) is 10.1 Å². The lowest BCUT2D eigenvalue weighted by Gasteiger charge is -2.26. The SMILES string of the molecule is CC(O)c1ccc(N(C)C2CCOC2)c(F)c1. The van der Waals surface area contributed by atoms with Gasteiger partial charge in [-0.3, -0.25) is 0 Å². The average Bonchev–Trinajstić information content (AvgIpc) is 2.81. The Morgan fingerprint density at radius 3 is 2.82 bits per heavy atom. The lowest BCUT2D eigenvalue weighted by atomic mass is 10.1. The van der Waals surface area contributed by atoms with E-state index in [1.54, 1.807) is 19.1 Å². The van der Waals surface area contributed by atoms with Crippen molar-refractivity contribution in [3.05, 3.63) is 29.6 Å². The predicted molar refractivity (Wildman–Crippen MR) is 64.7 cm³/mol. The normalized spacial score (nSPS) is 21.5. The molecule has 4 heteroatoms. The van der Waals surface area contributed by atoms with Crippen LogP contribution in [0.5, 0.6) is 0 Å². The van der Waals surface area contributed by atoms with Crippen molar-refractivity contribution in [1.29, 1.82) is 0 Å². The Hall–Kier alpha value is -1.13. The summed E-state index contributed by atoms with van der Waals surface area (Å²) in [7, 11) is 1.87. The molecule has 1 aliphatic heterocycles. The van der Waals surface area contributed by atoms with Crippen LogP contribution in [0, 0.1) is 5.82 Å². The molecule has 94 valence electrons. The van der Waals surface area contributed by atoms with E-state index in [4.69, 9.17) is 4.74 Å². The van der Waals surface area contributed by atoms with E-state index in [1.165, 1.54) is 6.07 Å². The van der Waals surface area contributed by atoms with Crippen LogP contribution in [0.1, 0.15) is 25.0 Å². The van der Waals surface area contributed by atoms with Crippen LogP contribution < -0.4 is 4.90 Å². The Morgan fingerprint density at radius 2 is 2.29 bits per heavy atom. The standard InChI is InChI=1S/C13H18FNO2/c1-9(16)10-3-4-13(12(14)7-10)15(2)11-5-6-17-8-11/h3-4,7,9,11,16H,5-6,8H2,1-2H3. The van der Waals surface area contributed by atoms with E-state index in [9.17, 15) is 9.50 Å². The third kappa shape index (κ3) is 2.58. The molecule has 17 heavy (non-hydrogen) atoms. The molecule has 1 aromatic carbocycles. The number of anilines is 1. The fraction of sp³-hybridized carbons (Fsp3) is 0.538. The number of nitrogens with zero attached hydrogens (tertiary/aromatic N) is 1. The van der Waals surface area contributed by atoms with Gasteiger partial charge < -0.3 is 14.7 Å². The molecule has 0 spiro atoms. The maximum Gasteiger partial charge on any atom is 0.146 e. The molecule has 1 aliphatic rings. The number of halogens is 1. The highest BCUT2D eigenvalue weighted by Crippen LogP contribution is 2.26. The monoisotopic (exact) mass is 239 g/mol. The van der Waals surface area contributed by atoms with E-state index in [0.717, 1.165) is 13.0 Å². The first-order valence-electron chi connectivity index (χ1n) is 5.87. The number of hydrogen-bond acceptors (Lipinski definition) is 3. The van der Waals surface area contributed by atoms with E-state index in [-0.39, 0.29) is 11.9 Å². The summed E-state index contributed by atoms with van der Waals surface area (Å²) in [5, 5.41) is 9.39. The minimum absolute atomic E-state index is 0.238. The third-order valence-corrected chi connectivity index (χ3v) is 3.29. The van der Waals surface area contributed by atoms with Gasteiger partial charge in [-0.2, -0.15) is 0 Å². The summed E-state index contributed by atoms with van der Waals surface area (Å²) >= 11 is 0. The molecular formula is C13H18FNO2. The first kappa shape index (κ1) is 12.3. The van der Waals surface area contributed by atoms with Gasteiger partial charge in [0.2, 0.25) is 0 Å². The lowest BCUT2D eigenvalue weighted by Crippen LogP contribution is -2.32. The first-order chi connectivity index (χ1) is 8.09. The van der Waals surface area contributed by atoms with Gasteiger partial charge in [0, 0.05) is 13.7 Å². The van der Waals surface area contributed by atoms with Crippen molar-refractivity contribution in [1.82, 2.24) is 0 Å². The maximum absolute atomic E-state index is 13.9. The van der Waals surface area contributed by atoms with Gasteiger partial charge in [-0.05, 0) is 31.0 Å². The molecule has 1 heterocycles. The van der Waals surface area contributed by atoms with Crippen molar-refractivity contribution < 1.29 is 14.2 Å². The highest BCUT2D eigenvalue weighted by atomic mass is 19.1. The topological polar surface area (TPSA) is 32.7 Å². The van der Waals surface area contributed by atoms with Crippen LogP contribution in [-0.4, -0.2) is 31.4 Å². The summed E-state index contributed by atoms with van der Waals surface area (Å²) < 4.78 is 19.2. The Bertz CT molecular complexity index is 389. The van der Waals surface area contributed by atoms with Crippen molar-refractivity contribution in [3.63, 3.8) is 0 Å². The lowest BCUT2D eigenvalue weighted by molar-refractivity contribution is 0.193. The number of aliphatic hydroxyl groups is 1. The van der Waals surface area contributed by atoms with E-state index in [2.05, 4.69) is 0 Å². The van der Waals surface area contributed by atoms with E-state index in [0.29, 0.717) is 17.9 Å². The number of aliphatic hydroxyl groups excluding tert-OH is 1. The highest BCUT2D eigenvalue weighted by molar-refractivity contribution is 5.49. The quantitative estimate of drug-likeness (QED) is 0.876. The van der Waals surface area contributed by atoms with Crippen molar-refractivity contribution in [2.45, 2.75) is 25.5 Å². The summed E-state index contributed by atoms with van der Waals surface area (Å²) in [4.78, 5) is 1.91. The van der Waals surface area contributed by atoms with Crippen LogP contribution >= 0.6 is 0 Å². The van der Waals surface area contributed by atoms with E-state index in [1.807, 2.05) is 11.9 Å². The van der Waals surface area contributed by atoms with Gasteiger partial charge in [0.1, 0.15) is 5.82 Å². The van der Waals surface area contributed by atoms with Gasteiger partial charge in [-0.15, -0.1) is 0 Å². The molecule has 0 aliphatic carbocycles. The largest absolute Gasteiger partial charge is 0.389 e. The van der Waals surface area contributed by atoms with Gasteiger partial charge in [-0.1, -0.05) is 6.07 Å². The second-order valence-corrected chi connectivity index (χ2v) is 4.52. The van der Waals surface area contributed by atoms with Gasteiger partial charge in [-0.25, -0.2) is 4.39 Å². The molecule has 0 saturated carbocycles. The molecule has 1 fully saturated rings. The zero-order valence-corrected chi connectivity index (χ0v) is 10.2. The number of hydrogen-bond donors (Lipinski definition) is 1. The van der Waals surface area contributed by atoms with Crippen LogP contribution in [0.2, 0.25) is 0 Å². The molecule has 2 unspecified atom stereocenters. The van der Waals surface area contributed by atoms with Crippen LogP contribution in [-0.2, 0) is 4.74 Å². The Morgan fingerprint density at radius 1 is 1.53 bits per heavy atom. The zero-order chi connectivity index (χ0) is 12.4. The molecule has 1 aromatic rings. The third-order valence-electron chi connectivity index (χ3n) is 3.29. The average molecular weight is 239 g/mol. The van der Waals surface area contributed by atoms with Gasteiger partial charge >= 0.3 is 0 Å². The highest BCUT2D eigenvalue weighted by Gasteiger charge is 2.22. The maximum atomic E-state index is 13.9. The molecule has 3 nitrogen and oxygen atoms in total. The number of likely N-dealkylation sites (N-methyl/N-ethyl adjacent to an activating group) is 1. The summed E-state index contributed by atoms with van der Waals surface area (Å²) in [5.41, 5.74) is 1.16. The van der Waals surface area contributed by atoms with Crippen LogP contribution in [0.15, 0.2) is 18.2 Å². The predicted octanol–water partition coefficient (Wildman–Crippen LogP) is 2.10. The Kier molecular flexibility index (Phi) is 3.64. The first-order valence-corrected chi connectivity index (χ1v) is 5.87. The molecule has 2 atom stereocenters. The summed E-state index contributed by atoms with van der Waals surface area (Å²) in [6.07, 6.45) is 0.285. The Balaban J connectivity index is 2.20. The molecular weight excluding hydrogens is 221 g/mol. The second kappa shape index (κ2) is 5.02. The molecule has 0 amide bonds. The van der Waals surface area contributed by atoms with Crippen molar-refractivity contribution in [2.24, 2.45) is 0 Å². The van der Waals surface area contributed by atoms with E-state index < -0.39 is 6.10 Å². The number of rotatable bonds is 3.